The molecule has 0 radical (unpaired) electrons. The lowest BCUT2D eigenvalue weighted by molar-refractivity contribution is 0.0601. The minimum Gasteiger partial charge on any atom is -0.465 e. The minimum absolute atomic E-state index is 0.367. The van der Waals surface area contributed by atoms with Gasteiger partial charge >= 0.3 is 5.97 Å². The number of H-pyrrole nitrogens is 1. The molecule has 2 aromatic carbocycles. The van der Waals surface area contributed by atoms with Crippen LogP contribution in [0.15, 0.2) is 48.5 Å². The highest BCUT2D eigenvalue weighted by Crippen LogP contribution is 2.26. The molecule has 0 aliphatic rings. The van der Waals surface area contributed by atoms with Gasteiger partial charge in [-0.15, -0.1) is 0 Å². The molecule has 0 fully saturated rings. The SMILES string of the molecule is COCCN(c1cccc(C(=O)OC)c1)c1nc2ccccc2[nH]1. The lowest BCUT2D eigenvalue weighted by Gasteiger charge is -2.22. The summed E-state index contributed by atoms with van der Waals surface area (Å²) in [6.07, 6.45) is 0. The van der Waals surface area contributed by atoms with Crippen molar-refractivity contribution in [3.05, 3.63) is 54.1 Å². The second kappa shape index (κ2) is 7.14. The summed E-state index contributed by atoms with van der Waals surface area (Å²) in [5.74, 6) is 0.336. The van der Waals surface area contributed by atoms with Crippen molar-refractivity contribution >= 4 is 28.6 Å². The van der Waals surface area contributed by atoms with E-state index < -0.39 is 0 Å². The zero-order valence-corrected chi connectivity index (χ0v) is 13.7. The second-order valence-corrected chi connectivity index (χ2v) is 5.26. The standard InChI is InChI=1S/C18H19N3O3/c1-23-11-10-21(14-7-5-6-13(12-14)17(22)24-2)18-19-15-8-3-4-9-16(15)20-18/h3-9,12H,10-11H2,1-2H3,(H,19,20). The van der Waals surface area contributed by atoms with Crippen LogP contribution in [0.5, 0.6) is 0 Å². The van der Waals surface area contributed by atoms with E-state index in [2.05, 4.69) is 9.97 Å². The predicted molar refractivity (Wildman–Crippen MR) is 92.8 cm³/mol. The fraction of sp³-hybridized carbons (Fsp3) is 0.222. The molecule has 0 unspecified atom stereocenters. The topological polar surface area (TPSA) is 67.4 Å². The van der Waals surface area contributed by atoms with Gasteiger partial charge in [-0.2, -0.15) is 0 Å². The van der Waals surface area contributed by atoms with E-state index in [0.29, 0.717) is 24.7 Å². The van der Waals surface area contributed by atoms with Crippen molar-refractivity contribution in [3.8, 4) is 0 Å². The molecule has 1 heterocycles. The molecule has 6 heteroatoms. The molecular weight excluding hydrogens is 306 g/mol. The van der Waals surface area contributed by atoms with Gasteiger partial charge < -0.3 is 19.4 Å². The van der Waals surface area contributed by atoms with Crippen LogP contribution < -0.4 is 4.90 Å². The summed E-state index contributed by atoms with van der Waals surface area (Å²) in [6.45, 7) is 1.13. The largest absolute Gasteiger partial charge is 0.465 e. The van der Waals surface area contributed by atoms with Crippen LogP contribution in [0.1, 0.15) is 10.4 Å². The highest BCUT2D eigenvalue weighted by Gasteiger charge is 2.15. The van der Waals surface area contributed by atoms with Crippen LogP contribution in [0, 0.1) is 0 Å². The third-order valence-corrected chi connectivity index (χ3v) is 3.73. The molecule has 0 aliphatic heterocycles. The maximum Gasteiger partial charge on any atom is 0.337 e. The van der Waals surface area contributed by atoms with E-state index in [0.717, 1.165) is 16.7 Å². The van der Waals surface area contributed by atoms with Gasteiger partial charge in [0.1, 0.15) is 0 Å². The van der Waals surface area contributed by atoms with E-state index in [1.165, 1.54) is 7.11 Å². The van der Waals surface area contributed by atoms with E-state index >= 15 is 0 Å². The number of carbonyl (C=O) groups excluding carboxylic acids is 1. The molecule has 124 valence electrons. The fourth-order valence-corrected chi connectivity index (χ4v) is 2.53. The zero-order chi connectivity index (χ0) is 16.9. The quantitative estimate of drug-likeness (QED) is 0.705. The summed E-state index contributed by atoms with van der Waals surface area (Å²) in [5, 5.41) is 0. The highest BCUT2D eigenvalue weighted by atomic mass is 16.5. The third-order valence-electron chi connectivity index (χ3n) is 3.73. The van der Waals surface area contributed by atoms with Crippen molar-refractivity contribution in [2.24, 2.45) is 0 Å². The van der Waals surface area contributed by atoms with Gasteiger partial charge in [-0.25, -0.2) is 9.78 Å². The van der Waals surface area contributed by atoms with Gasteiger partial charge in [-0.05, 0) is 30.3 Å². The molecule has 0 bridgehead atoms. The average molecular weight is 325 g/mol. The molecule has 0 amide bonds. The number of anilines is 2. The van der Waals surface area contributed by atoms with Gasteiger partial charge in [0.25, 0.3) is 0 Å². The number of benzene rings is 2. The van der Waals surface area contributed by atoms with Crippen molar-refractivity contribution in [1.82, 2.24) is 9.97 Å². The lowest BCUT2D eigenvalue weighted by atomic mass is 10.2. The van der Waals surface area contributed by atoms with Crippen LogP contribution in [-0.2, 0) is 9.47 Å². The summed E-state index contributed by atoms with van der Waals surface area (Å²) in [7, 11) is 3.03. The number of rotatable bonds is 6. The Kier molecular flexibility index (Phi) is 4.77. The number of methoxy groups -OCH3 is 2. The summed E-state index contributed by atoms with van der Waals surface area (Å²) >= 11 is 0. The summed E-state index contributed by atoms with van der Waals surface area (Å²) in [4.78, 5) is 21.7. The predicted octanol–water partition coefficient (Wildman–Crippen LogP) is 3.13. The van der Waals surface area contributed by atoms with Gasteiger partial charge in [0.05, 0.1) is 30.3 Å². The second-order valence-electron chi connectivity index (χ2n) is 5.26. The Morgan fingerprint density at radius 2 is 2.00 bits per heavy atom. The number of nitrogens with one attached hydrogen (secondary N) is 1. The molecule has 0 saturated heterocycles. The number of hydrogen-bond acceptors (Lipinski definition) is 5. The molecule has 0 aliphatic carbocycles. The van der Waals surface area contributed by atoms with Crippen molar-refractivity contribution in [1.29, 1.82) is 0 Å². The van der Waals surface area contributed by atoms with Crippen LogP contribution >= 0.6 is 0 Å². The number of aromatic nitrogens is 2. The Morgan fingerprint density at radius 1 is 1.17 bits per heavy atom. The van der Waals surface area contributed by atoms with E-state index in [1.54, 1.807) is 19.2 Å². The van der Waals surface area contributed by atoms with Crippen molar-refractivity contribution in [3.63, 3.8) is 0 Å². The summed E-state index contributed by atoms with van der Waals surface area (Å²) in [6, 6.07) is 15.1. The van der Waals surface area contributed by atoms with E-state index in [9.17, 15) is 4.79 Å². The number of fused-ring (bicyclic) bond motifs is 1. The molecule has 0 saturated carbocycles. The smallest absolute Gasteiger partial charge is 0.337 e. The number of nitrogens with zero attached hydrogens (tertiary/aromatic N) is 2. The van der Waals surface area contributed by atoms with Crippen molar-refractivity contribution in [2.75, 3.05) is 32.3 Å². The van der Waals surface area contributed by atoms with Gasteiger partial charge in [0, 0.05) is 19.3 Å². The number of esters is 1. The molecule has 3 aromatic rings. The first-order valence-electron chi connectivity index (χ1n) is 7.62. The lowest BCUT2D eigenvalue weighted by Crippen LogP contribution is -2.23. The molecule has 24 heavy (non-hydrogen) atoms. The van der Waals surface area contributed by atoms with Gasteiger partial charge in [-0.1, -0.05) is 18.2 Å². The molecule has 0 atom stereocenters. The Hall–Kier alpha value is -2.86. The van der Waals surface area contributed by atoms with E-state index in [1.807, 2.05) is 41.3 Å². The highest BCUT2D eigenvalue weighted by molar-refractivity contribution is 5.90. The summed E-state index contributed by atoms with van der Waals surface area (Å²) < 4.78 is 10.0. The van der Waals surface area contributed by atoms with Crippen LogP contribution in [0.3, 0.4) is 0 Å². The number of ether oxygens (including phenoxy) is 2. The number of imidazole rings is 1. The molecule has 1 aromatic heterocycles. The van der Waals surface area contributed by atoms with Crippen LogP contribution in [0.25, 0.3) is 11.0 Å². The molecular formula is C18H19N3O3. The summed E-state index contributed by atoms with van der Waals surface area (Å²) in [5.41, 5.74) is 3.18. The monoisotopic (exact) mass is 325 g/mol. The Bertz CT molecular complexity index is 811. The van der Waals surface area contributed by atoms with Crippen LogP contribution in [-0.4, -0.2) is 43.3 Å². The zero-order valence-electron chi connectivity index (χ0n) is 13.7. The Labute approximate surface area is 140 Å². The van der Waals surface area contributed by atoms with E-state index in [-0.39, 0.29) is 5.97 Å². The maximum absolute atomic E-state index is 11.8. The normalized spacial score (nSPS) is 10.8. The molecule has 3 rings (SSSR count). The van der Waals surface area contributed by atoms with Crippen molar-refractivity contribution in [2.45, 2.75) is 0 Å². The van der Waals surface area contributed by atoms with Gasteiger partial charge in [-0.3, -0.25) is 0 Å². The number of hydrogen-bond donors (Lipinski definition) is 1. The van der Waals surface area contributed by atoms with Crippen molar-refractivity contribution < 1.29 is 14.3 Å². The first-order chi connectivity index (χ1) is 11.7. The Morgan fingerprint density at radius 3 is 2.75 bits per heavy atom. The maximum atomic E-state index is 11.8. The van der Waals surface area contributed by atoms with E-state index in [4.69, 9.17) is 9.47 Å². The Balaban J connectivity index is 2.01. The van der Waals surface area contributed by atoms with Gasteiger partial charge in [0.2, 0.25) is 5.95 Å². The first-order valence-corrected chi connectivity index (χ1v) is 7.62. The fourth-order valence-electron chi connectivity index (χ4n) is 2.53. The molecule has 1 N–H and O–H groups in total. The number of aromatic amines is 1. The minimum atomic E-state index is -0.367. The van der Waals surface area contributed by atoms with Crippen LogP contribution in [0.2, 0.25) is 0 Å². The molecule has 0 spiro atoms. The number of para-hydroxylation sites is 2. The average Bonchev–Trinajstić information content (AvgIpc) is 3.05. The first kappa shape index (κ1) is 16.0. The molecule has 6 nitrogen and oxygen atoms in total. The van der Waals surface area contributed by atoms with Crippen LogP contribution in [0.4, 0.5) is 11.6 Å². The number of carbonyl (C=O) groups is 1. The third kappa shape index (κ3) is 3.23. The van der Waals surface area contributed by atoms with Gasteiger partial charge in [0.15, 0.2) is 0 Å².